The summed E-state index contributed by atoms with van der Waals surface area (Å²) in [4.78, 5) is 8.98. The van der Waals surface area contributed by atoms with Crippen molar-refractivity contribution in [2.45, 2.75) is 46.1 Å². The summed E-state index contributed by atoms with van der Waals surface area (Å²) >= 11 is 0. The summed E-state index contributed by atoms with van der Waals surface area (Å²) in [7, 11) is 0. The van der Waals surface area contributed by atoms with Crippen LogP contribution in [-0.2, 0) is 13.0 Å². The molecule has 3 nitrogen and oxygen atoms in total. The van der Waals surface area contributed by atoms with E-state index in [2.05, 4.69) is 60.2 Å². The first kappa shape index (κ1) is 18.1. The van der Waals surface area contributed by atoms with Crippen molar-refractivity contribution >= 4 is 0 Å². The fourth-order valence-corrected chi connectivity index (χ4v) is 2.92. The number of aryl methyl sites for hydroxylation is 2. The van der Waals surface area contributed by atoms with Gasteiger partial charge in [0.15, 0.2) is 0 Å². The molecule has 0 saturated heterocycles. The van der Waals surface area contributed by atoms with E-state index in [-0.39, 0.29) is 0 Å². The lowest BCUT2D eigenvalue weighted by atomic mass is 10.0. The van der Waals surface area contributed by atoms with Crippen LogP contribution in [0.3, 0.4) is 0 Å². The molecule has 134 valence electrons. The number of benzene rings is 2. The van der Waals surface area contributed by atoms with Gasteiger partial charge in [0.05, 0.1) is 5.69 Å². The number of unbranched alkanes of at least 4 members (excludes halogenated alkanes) is 2. The first-order valence-electron chi connectivity index (χ1n) is 9.35. The summed E-state index contributed by atoms with van der Waals surface area (Å²) in [5.74, 6) is 1.77. The van der Waals surface area contributed by atoms with Crippen molar-refractivity contribution in [3.8, 4) is 16.9 Å². The van der Waals surface area contributed by atoms with E-state index in [9.17, 15) is 0 Å². The van der Waals surface area contributed by atoms with Crippen LogP contribution < -0.4 is 4.74 Å². The Kier molecular flexibility index (Phi) is 6.37. The zero-order chi connectivity index (χ0) is 18.2. The molecule has 0 saturated carbocycles. The van der Waals surface area contributed by atoms with Crippen LogP contribution in [0.15, 0.2) is 60.8 Å². The highest BCUT2D eigenvalue weighted by atomic mass is 16.5. The number of hydrogen-bond acceptors (Lipinski definition) is 3. The van der Waals surface area contributed by atoms with Gasteiger partial charge in [0, 0.05) is 12.6 Å². The minimum atomic E-state index is 0.459. The Morgan fingerprint density at radius 1 is 0.923 bits per heavy atom. The van der Waals surface area contributed by atoms with E-state index in [1.54, 1.807) is 0 Å². The molecule has 0 aliphatic rings. The fourth-order valence-electron chi connectivity index (χ4n) is 2.92. The molecule has 0 unspecified atom stereocenters. The molecule has 0 aliphatic carbocycles. The highest BCUT2D eigenvalue weighted by Gasteiger charge is 2.03. The third-order valence-electron chi connectivity index (χ3n) is 4.34. The summed E-state index contributed by atoms with van der Waals surface area (Å²) < 4.78 is 5.97. The molecule has 0 atom stereocenters. The zero-order valence-electron chi connectivity index (χ0n) is 15.6. The molecule has 2 aromatic carbocycles. The molecule has 3 rings (SSSR count). The second-order valence-corrected chi connectivity index (χ2v) is 6.61. The van der Waals surface area contributed by atoms with E-state index in [0.29, 0.717) is 6.61 Å². The van der Waals surface area contributed by atoms with E-state index < -0.39 is 0 Å². The quantitative estimate of drug-likeness (QED) is 0.486. The third kappa shape index (κ3) is 5.16. The molecule has 26 heavy (non-hydrogen) atoms. The highest BCUT2D eigenvalue weighted by Crippen LogP contribution is 2.25. The predicted octanol–water partition coefficient (Wildman–Crippen LogP) is 5.76. The number of hydrogen-bond donors (Lipinski definition) is 0. The van der Waals surface area contributed by atoms with Gasteiger partial charge in [-0.05, 0) is 42.7 Å². The zero-order valence-corrected chi connectivity index (χ0v) is 15.6. The molecular formula is C23H26N2O. The lowest BCUT2D eigenvalue weighted by Gasteiger charge is -2.09. The maximum atomic E-state index is 5.97. The molecule has 0 N–H and O–H groups in total. The van der Waals surface area contributed by atoms with E-state index >= 15 is 0 Å². The number of nitrogens with zero attached hydrogens (tertiary/aromatic N) is 2. The molecule has 1 heterocycles. The molecule has 0 radical (unpaired) electrons. The molecule has 0 amide bonds. The number of rotatable bonds is 8. The molecule has 0 spiro atoms. The summed E-state index contributed by atoms with van der Waals surface area (Å²) in [6.45, 7) is 4.77. The Morgan fingerprint density at radius 2 is 1.73 bits per heavy atom. The molecule has 0 aliphatic heterocycles. The van der Waals surface area contributed by atoms with Gasteiger partial charge in [-0.3, -0.25) is 0 Å². The highest BCUT2D eigenvalue weighted by molar-refractivity contribution is 5.65. The topological polar surface area (TPSA) is 35.0 Å². The molecule has 3 heteroatoms. The van der Waals surface area contributed by atoms with Crippen molar-refractivity contribution < 1.29 is 4.74 Å². The van der Waals surface area contributed by atoms with Gasteiger partial charge in [-0.25, -0.2) is 9.97 Å². The largest absolute Gasteiger partial charge is 0.487 e. The van der Waals surface area contributed by atoms with Gasteiger partial charge >= 0.3 is 0 Å². The lowest BCUT2D eigenvalue weighted by molar-refractivity contribution is 0.300. The van der Waals surface area contributed by atoms with Gasteiger partial charge < -0.3 is 4.74 Å². The second kappa shape index (κ2) is 9.14. The SMILES string of the molecule is CCCCCc1nccc(COc2cccc(-c3cccc(C)c3)c2)n1. The standard InChI is InChI=1S/C23H26N2O/c1-3-4-5-12-23-24-14-13-21(25-23)17-26-22-11-7-10-20(16-22)19-9-6-8-18(2)15-19/h6-11,13-16H,3-5,12,17H2,1-2H3. The molecule has 1 aromatic heterocycles. The van der Waals surface area contributed by atoms with E-state index in [1.807, 2.05) is 24.4 Å². The van der Waals surface area contributed by atoms with Crippen molar-refractivity contribution in [3.05, 3.63) is 77.9 Å². The molecule has 0 bridgehead atoms. The molecule has 3 aromatic rings. The van der Waals surface area contributed by atoms with Crippen molar-refractivity contribution in [2.24, 2.45) is 0 Å². The maximum absolute atomic E-state index is 5.97. The average Bonchev–Trinajstić information content (AvgIpc) is 2.67. The van der Waals surface area contributed by atoms with Crippen molar-refractivity contribution in [1.29, 1.82) is 0 Å². The minimum Gasteiger partial charge on any atom is -0.487 e. The Balaban J connectivity index is 1.65. The summed E-state index contributed by atoms with van der Waals surface area (Å²) in [5, 5.41) is 0. The Labute approximate surface area is 156 Å². The van der Waals surface area contributed by atoms with E-state index in [0.717, 1.165) is 35.7 Å². The van der Waals surface area contributed by atoms with Crippen LogP contribution in [0.25, 0.3) is 11.1 Å². The summed E-state index contributed by atoms with van der Waals surface area (Å²) in [6.07, 6.45) is 6.33. The van der Waals surface area contributed by atoms with Crippen molar-refractivity contribution in [1.82, 2.24) is 9.97 Å². The van der Waals surface area contributed by atoms with Crippen LogP contribution in [0.4, 0.5) is 0 Å². The third-order valence-corrected chi connectivity index (χ3v) is 4.34. The van der Waals surface area contributed by atoms with Gasteiger partial charge in [-0.15, -0.1) is 0 Å². The molecular weight excluding hydrogens is 320 g/mol. The monoisotopic (exact) mass is 346 g/mol. The van der Waals surface area contributed by atoms with Crippen molar-refractivity contribution in [3.63, 3.8) is 0 Å². The van der Waals surface area contributed by atoms with Crippen LogP contribution >= 0.6 is 0 Å². The first-order valence-corrected chi connectivity index (χ1v) is 9.35. The Bertz CT molecular complexity index is 845. The Hall–Kier alpha value is -2.68. The molecule has 0 fully saturated rings. The number of ether oxygens (including phenoxy) is 1. The van der Waals surface area contributed by atoms with Gasteiger partial charge in [0.25, 0.3) is 0 Å². The lowest BCUT2D eigenvalue weighted by Crippen LogP contribution is -2.03. The van der Waals surface area contributed by atoms with Crippen LogP contribution in [-0.4, -0.2) is 9.97 Å². The first-order chi connectivity index (χ1) is 12.7. The smallest absolute Gasteiger partial charge is 0.130 e. The van der Waals surface area contributed by atoms with Gasteiger partial charge in [0.2, 0.25) is 0 Å². The Morgan fingerprint density at radius 3 is 2.54 bits per heavy atom. The van der Waals surface area contributed by atoms with Gasteiger partial charge in [-0.1, -0.05) is 61.7 Å². The van der Waals surface area contributed by atoms with Crippen LogP contribution in [0, 0.1) is 6.92 Å². The minimum absolute atomic E-state index is 0.459. The van der Waals surface area contributed by atoms with Gasteiger partial charge in [0.1, 0.15) is 18.2 Å². The number of aromatic nitrogens is 2. The fraction of sp³-hybridized carbons (Fsp3) is 0.304. The van der Waals surface area contributed by atoms with Gasteiger partial charge in [-0.2, -0.15) is 0 Å². The van der Waals surface area contributed by atoms with Crippen LogP contribution in [0.1, 0.15) is 43.3 Å². The average molecular weight is 346 g/mol. The second-order valence-electron chi connectivity index (χ2n) is 6.61. The predicted molar refractivity (Wildman–Crippen MR) is 106 cm³/mol. The van der Waals surface area contributed by atoms with E-state index in [4.69, 9.17) is 4.74 Å². The van der Waals surface area contributed by atoms with Crippen LogP contribution in [0.5, 0.6) is 5.75 Å². The van der Waals surface area contributed by atoms with Crippen molar-refractivity contribution in [2.75, 3.05) is 0 Å². The normalized spacial score (nSPS) is 10.7. The summed E-state index contributed by atoms with van der Waals surface area (Å²) in [5.41, 5.74) is 4.54. The van der Waals surface area contributed by atoms with E-state index in [1.165, 1.54) is 24.0 Å². The van der Waals surface area contributed by atoms with Crippen LogP contribution in [0.2, 0.25) is 0 Å². The summed E-state index contributed by atoms with van der Waals surface area (Å²) in [6, 6.07) is 18.6. The maximum Gasteiger partial charge on any atom is 0.130 e.